The third-order valence-corrected chi connectivity index (χ3v) is 7.34. The van der Waals surface area contributed by atoms with Crippen LogP contribution in [0.3, 0.4) is 0 Å². The minimum atomic E-state index is -4.02. The standard InChI is InChI=1S/C29H33N3O5S/c1-5-18-37-27-17-14-23(19-28(27)36-7-3)20-30-31-29(33)21-32(26-11-9-8-10-24(26)6-2)38(34,35)25-15-12-22(4)13-16-25/h5,8-17,19-20H,1,6-7,18,21H2,2-4H3,(H,31,33)/b30-20-. The second kappa shape index (κ2) is 13.4. The largest absolute Gasteiger partial charge is 0.490 e. The van der Waals surface area contributed by atoms with E-state index >= 15 is 0 Å². The van der Waals surface area contributed by atoms with Crippen LogP contribution in [0.15, 0.2) is 89.4 Å². The van der Waals surface area contributed by atoms with Crippen molar-refractivity contribution in [1.82, 2.24) is 5.43 Å². The number of sulfonamides is 1. The molecule has 0 aliphatic heterocycles. The van der Waals surface area contributed by atoms with Crippen molar-refractivity contribution in [2.45, 2.75) is 32.1 Å². The first-order valence-corrected chi connectivity index (χ1v) is 13.7. The van der Waals surface area contributed by atoms with Gasteiger partial charge in [-0.2, -0.15) is 5.10 Å². The van der Waals surface area contributed by atoms with Crippen LogP contribution >= 0.6 is 0 Å². The van der Waals surface area contributed by atoms with Crippen LogP contribution in [0.25, 0.3) is 0 Å². The molecule has 0 saturated heterocycles. The molecule has 3 aromatic carbocycles. The molecule has 0 unspecified atom stereocenters. The Hall–Kier alpha value is -4.11. The Morgan fingerprint density at radius 2 is 1.76 bits per heavy atom. The molecular formula is C29H33N3O5S. The summed E-state index contributed by atoms with van der Waals surface area (Å²) in [7, 11) is -4.02. The molecular weight excluding hydrogens is 502 g/mol. The van der Waals surface area contributed by atoms with Gasteiger partial charge in [-0.25, -0.2) is 13.8 Å². The summed E-state index contributed by atoms with van der Waals surface area (Å²) in [5, 5.41) is 4.03. The molecule has 1 amide bonds. The van der Waals surface area contributed by atoms with Gasteiger partial charge in [0.15, 0.2) is 11.5 Å². The van der Waals surface area contributed by atoms with Crippen molar-refractivity contribution in [1.29, 1.82) is 0 Å². The number of hydrogen-bond acceptors (Lipinski definition) is 6. The fourth-order valence-corrected chi connectivity index (χ4v) is 5.13. The van der Waals surface area contributed by atoms with Crippen molar-refractivity contribution in [2.75, 3.05) is 24.1 Å². The quantitative estimate of drug-likeness (QED) is 0.191. The van der Waals surface area contributed by atoms with Gasteiger partial charge in [0.2, 0.25) is 0 Å². The maximum Gasteiger partial charge on any atom is 0.264 e. The summed E-state index contributed by atoms with van der Waals surface area (Å²) in [6.07, 6.45) is 3.70. The van der Waals surface area contributed by atoms with E-state index in [2.05, 4.69) is 17.1 Å². The average molecular weight is 536 g/mol. The molecule has 38 heavy (non-hydrogen) atoms. The second-order valence-electron chi connectivity index (χ2n) is 8.34. The number of carbonyl (C=O) groups is 1. The lowest BCUT2D eigenvalue weighted by Gasteiger charge is -2.25. The molecule has 0 bridgehead atoms. The Bertz CT molecular complexity index is 1390. The zero-order valence-electron chi connectivity index (χ0n) is 21.9. The molecule has 0 spiro atoms. The molecule has 0 heterocycles. The number of nitrogens with one attached hydrogen (secondary N) is 1. The number of amides is 1. The zero-order valence-corrected chi connectivity index (χ0v) is 22.7. The van der Waals surface area contributed by atoms with Gasteiger partial charge in [0, 0.05) is 0 Å². The lowest BCUT2D eigenvalue weighted by Crippen LogP contribution is -2.40. The predicted molar refractivity (Wildman–Crippen MR) is 151 cm³/mol. The van der Waals surface area contributed by atoms with E-state index in [-0.39, 0.29) is 4.90 Å². The van der Waals surface area contributed by atoms with Crippen molar-refractivity contribution < 1.29 is 22.7 Å². The number of carbonyl (C=O) groups excluding carboxylic acids is 1. The Labute approximate surface area is 224 Å². The number of hydrazone groups is 1. The average Bonchev–Trinajstić information content (AvgIpc) is 2.91. The van der Waals surface area contributed by atoms with Gasteiger partial charge in [0.1, 0.15) is 13.2 Å². The van der Waals surface area contributed by atoms with Crippen molar-refractivity contribution in [2.24, 2.45) is 5.10 Å². The highest BCUT2D eigenvalue weighted by Gasteiger charge is 2.28. The monoisotopic (exact) mass is 535 g/mol. The highest BCUT2D eigenvalue weighted by atomic mass is 32.2. The number of hydrogen-bond donors (Lipinski definition) is 1. The topological polar surface area (TPSA) is 97.3 Å². The molecule has 0 fully saturated rings. The highest BCUT2D eigenvalue weighted by Crippen LogP contribution is 2.29. The molecule has 1 N–H and O–H groups in total. The summed E-state index contributed by atoms with van der Waals surface area (Å²) in [4.78, 5) is 13.0. The van der Waals surface area contributed by atoms with E-state index < -0.39 is 22.5 Å². The van der Waals surface area contributed by atoms with Crippen LogP contribution in [0.1, 0.15) is 30.5 Å². The molecule has 0 atom stereocenters. The van der Waals surface area contributed by atoms with E-state index in [0.717, 1.165) is 15.4 Å². The Balaban J connectivity index is 1.82. The van der Waals surface area contributed by atoms with E-state index in [1.54, 1.807) is 60.7 Å². The third-order valence-electron chi connectivity index (χ3n) is 5.56. The Kier molecular flexibility index (Phi) is 10.1. The van der Waals surface area contributed by atoms with Crippen LogP contribution in [0.4, 0.5) is 5.69 Å². The Morgan fingerprint density at radius 1 is 1.03 bits per heavy atom. The lowest BCUT2D eigenvalue weighted by atomic mass is 10.1. The first-order valence-electron chi connectivity index (χ1n) is 12.3. The fourth-order valence-electron chi connectivity index (χ4n) is 3.68. The smallest absolute Gasteiger partial charge is 0.264 e. The van der Waals surface area contributed by atoms with Gasteiger partial charge in [-0.3, -0.25) is 9.10 Å². The lowest BCUT2D eigenvalue weighted by molar-refractivity contribution is -0.119. The number of benzene rings is 3. The van der Waals surface area contributed by atoms with E-state index in [1.165, 1.54) is 6.21 Å². The van der Waals surface area contributed by atoms with Crippen molar-refractivity contribution >= 4 is 27.8 Å². The minimum absolute atomic E-state index is 0.104. The molecule has 3 aromatic rings. The summed E-state index contributed by atoms with van der Waals surface area (Å²) in [5.41, 5.74) is 5.30. The number of nitrogens with zero attached hydrogens (tertiary/aromatic N) is 2. The maximum atomic E-state index is 13.6. The molecule has 9 heteroatoms. The molecule has 200 valence electrons. The summed E-state index contributed by atoms with van der Waals surface area (Å²) in [6.45, 7) is 9.67. The van der Waals surface area contributed by atoms with E-state index in [1.807, 2.05) is 32.9 Å². The molecule has 8 nitrogen and oxygen atoms in total. The van der Waals surface area contributed by atoms with Crippen molar-refractivity contribution in [3.05, 3.63) is 96.1 Å². The van der Waals surface area contributed by atoms with Crippen LogP contribution in [-0.2, 0) is 21.2 Å². The summed E-state index contributed by atoms with van der Waals surface area (Å²) >= 11 is 0. The third kappa shape index (κ3) is 7.23. The van der Waals surface area contributed by atoms with Gasteiger partial charge in [-0.1, -0.05) is 55.5 Å². The highest BCUT2D eigenvalue weighted by molar-refractivity contribution is 7.92. The van der Waals surface area contributed by atoms with Gasteiger partial charge in [-0.05, 0) is 67.8 Å². The number of ether oxygens (including phenoxy) is 2. The number of para-hydroxylation sites is 1. The van der Waals surface area contributed by atoms with Crippen LogP contribution in [0.2, 0.25) is 0 Å². The molecule has 0 radical (unpaired) electrons. The predicted octanol–water partition coefficient (Wildman–Crippen LogP) is 4.87. The van der Waals surface area contributed by atoms with Gasteiger partial charge in [-0.15, -0.1) is 0 Å². The molecule has 0 saturated carbocycles. The van der Waals surface area contributed by atoms with Gasteiger partial charge >= 0.3 is 0 Å². The van der Waals surface area contributed by atoms with E-state index in [0.29, 0.717) is 42.4 Å². The van der Waals surface area contributed by atoms with E-state index in [9.17, 15) is 13.2 Å². The molecule has 0 aliphatic carbocycles. The van der Waals surface area contributed by atoms with Crippen LogP contribution in [-0.4, -0.2) is 40.3 Å². The van der Waals surface area contributed by atoms with Gasteiger partial charge in [0.05, 0.1) is 23.4 Å². The Morgan fingerprint density at radius 3 is 2.45 bits per heavy atom. The van der Waals surface area contributed by atoms with Crippen LogP contribution in [0, 0.1) is 6.92 Å². The normalized spacial score (nSPS) is 11.2. The number of aryl methyl sites for hydroxylation is 2. The zero-order chi connectivity index (χ0) is 27.5. The SMILES string of the molecule is C=CCOc1ccc(/C=N\NC(=O)CN(c2ccccc2CC)S(=O)(=O)c2ccc(C)cc2)cc1OCC. The molecule has 3 rings (SSSR count). The van der Waals surface area contributed by atoms with E-state index in [4.69, 9.17) is 9.47 Å². The molecule has 0 aliphatic rings. The van der Waals surface area contributed by atoms with Gasteiger partial charge in [0.25, 0.3) is 15.9 Å². The van der Waals surface area contributed by atoms with Crippen molar-refractivity contribution in [3.8, 4) is 11.5 Å². The van der Waals surface area contributed by atoms with Crippen LogP contribution in [0.5, 0.6) is 11.5 Å². The first-order chi connectivity index (χ1) is 18.3. The minimum Gasteiger partial charge on any atom is -0.490 e. The maximum absolute atomic E-state index is 13.6. The fraction of sp³-hybridized carbons (Fsp3) is 0.241. The van der Waals surface area contributed by atoms with Crippen molar-refractivity contribution in [3.63, 3.8) is 0 Å². The van der Waals surface area contributed by atoms with Gasteiger partial charge < -0.3 is 9.47 Å². The van der Waals surface area contributed by atoms with Crippen LogP contribution < -0.4 is 19.2 Å². The summed E-state index contributed by atoms with van der Waals surface area (Å²) in [5.74, 6) is 0.523. The number of rotatable bonds is 13. The second-order valence-corrected chi connectivity index (χ2v) is 10.2. The molecule has 0 aromatic heterocycles. The first kappa shape index (κ1) is 28.5. The number of anilines is 1. The summed E-state index contributed by atoms with van der Waals surface area (Å²) < 4.78 is 39.6. The summed E-state index contributed by atoms with van der Waals surface area (Å²) in [6, 6.07) is 18.9.